The van der Waals surface area contributed by atoms with Crippen LogP contribution < -0.4 is 5.32 Å². The molecule has 0 saturated heterocycles. The smallest absolute Gasteiger partial charge is 0.408 e. The maximum atomic E-state index is 11.2. The second-order valence-electron chi connectivity index (χ2n) is 3.96. The van der Waals surface area contributed by atoms with Crippen LogP contribution >= 0.6 is 22.6 Å². The fourth-order valence-electron chi connectivity index (χ4n) is 0.699. The summed E-state index contributed by atoms with van der Waals surface area (Å²) >= 11 is 2.04. The quantitative estimate of drug-likeness (QED) is 0.639. The number of hydrogen-bond donors (Lipinski definition) is 1. The number of hydrogen-bond acceptors (Lipinski definition) is 3. The molecule has 0 saturated carbocycles. The molecule has 0 rings (SSSR count). The van der Waals surface area contributed by atoms with Crippen LogP contribution in [0.3, 0.4) is 0 Å². The molecule has 0 aliphatic carbocycles. The fourth-order valence-corrected chi connectivity index (χ4v) is 1.54. The minimum Gasteiger partial charge on any atom is -0.444 e. The van der Waals surface area contributed by atoms with E-state index in [-0.39, 0.29) is 5.78 Å². The first-order chi connectivity index (χ1) is 6.26. The topological polar surface area (TPSA) is 55.4 Å². The molecule has 0 fully saturated rings. The predicted molar refractivity (Wildman–Crippen MR) is 62.7 cm³/mol. The third-order valence-corrected chi connectivity index (χ3v) is 2.22. The summed E-state index contributed by atoms with van der Waals surface area (Å²) in [5.41, 5.74) is -0.531. The molecular weight excluding hydrogens is 297 g/mol. The molecule has 1 atom stereocenters. The summed E-state index contributed by atoms with van der Waals surface area (Å²) in [6.45, 7) is 6.78. The molecule has 0 aromatic heterocycles. The first-order valence-corrected chi connectivity index (χ1v) is 5.84. The van der Waals surface area contributed by atoms with Crippen LogP contribution in [0.15, 0.2) is 0 Å². The Bertz CT molecular complexity index is 223. The number of carbonyl (C=O) groups excluding carboxylic acids is 2. The molecule has 1 unspecified atom stereocenters. The first-order valence-electron chi connectivity index (χ1n) is 4.32. The molecule has 0 heterocycles. The monoisotopic (exact) mass is 313 g/mol. The van der Waals surface area contributed by atoms with Gasteiger partial charge in [-0.1, -0.05) is 22.6 Å². The number of amides is 1. The lowest BCUT2D eigenvalue weighted by Gasteiger charge is -2.21. The normalized spacial score (nSPS) is 13.2. The minimum absolute atomic E-state index is 0.0646. The molecular formula is C9H16INO3. The second kappa shape index (κ2) is 5.53. The van der Waals surface area contributed by atoms with Gasteiger partial charge in [0.15, 0.2) is 5.78 Å². The lowest BCUT2D eigenvalue weighted by atomic mass is 10.2. The molecule has 14 heavy (non-hydrogen) atoms. The van der Waals surface area contributed by atoms with E-state index in [0.717, 1.165) is 0 Å². The van der Waals surface area contributed by atoms with Crippen molar-refractivity contribution in [1.29, 1.82) is 0 Å². The van der Waals surface area contributed by atoms with Crippen LogP contribution in [0.25, 0.3) is 0 Å². The van der Waals surface area contributed by atoms with Gasteiger partial charge in [-0.15, -0.1) is 0 Å². The van der Waals surface area contributed by atoms with E-state index in [0.29, 0.717) is 4.43 Å². The predicted octanol–water partition coefficient (Wildman–Crippen LogP) is 1.90. The van der Waals surface area contributed by atoms with E-state index < -0.39 is 17.7 Å². The van der Waals surface area contributed by atoms with Gasteiger partial charge in [0, 0.05) is 4.43 Å². The van der Waals surface area contributed by atoms with Crippen molar-refractivity contribution >= 4 is 34.5 Å². The van der Waals surface area contributed by atoms with Crippen LogP contribution in [0.2, 0.25) is 0 Å². The van der Waals surface area contributed by atoms with E-state index >= 15 is 0 Å². The van der Waals surface area contributed by atoms with Gasteiger partial charge in [0.1, 0.15) is 5.60 Å². The van der Waals surface area contributed by atoms with Gasteiger partial charge in [-0.05, 0) is 27.7 Å². The SMILES string of the molecule is CC(=O)C(CI)NC(=O)OC(C)(C)C. The van der Waals surface area contributed by atoms with Crippen molar-refractivity contribution in [2.75, 3.05) is 4.43 Å². The Morgan fingerprint density at radius 1 is 1.43 bits per heavy atom. The minimum atomic E-state index is -0.547. The highest BCUT2D eigenvalue weighted by Crippen LogP contribution is 2.07. The summed E-state index contributed by atoms with van der Waals surface area (Å²) in [6, 6.07) is -0.453. The zero-order chi connectivity index (χ0) is 11.4. The third kappa shape index (κ3) is 6.17. The summed E-state index contributed by atoms with van der Waals surface area (Å²) in [7, 11) is 0. The number of alkyl halides is 1. The van der Waals surface area contributed by atoms with Crippen molar-refractivity contribution in [1.82, 2.24) is 5.32 Å². The highest BCUT2D eigenvalue weighted by atomic mass is 127. The van der Waals surface area contributed by atoms with Gasteiger partial charge in [-0.3, -0.25) is 4.79 Å². The van der Waals surface area contributed by atoms with Gasteiger partial charge >= 0.3 is 6.09 Å². The Hall–Kier alpha value is -0.330. The lowest BCUT2D eigenvalue weighted by Crippen LogP contribution is -2.43. The molecule has 0 aliphatic rings. The van der Waals surface area contributed by atoms with E-state index in [4.69, 9.17) is 4.74 Å². The van der Waals surface area contributed by atoms with Crippen LogP contribution in [0.5, 0.6) is 0 Å². The van der Waals surface area contributed by atoms with Crippen molar-refractivity contribution in [3.63, 3.8) is 0 Å². The van der Waals surface area contributed by atoms with Gasteiger partial charge in [-0.25, -0.2) is 4.79 Å². The summed E-state index contributed by atoms with van der Waals surface area (Å²) in [5.74, 6) is -0.0646. The third-order valence-electron chi connectivity index (χ3n) is 1.34. The average molecular weight is 313 g/mol. The molecule has 0 aliphatic heterocycles. The van der Waals surface area contributed by atoms with Gasteiger partial charge < -0.3 is 10.1 Å². The largest absolute Gasteiger partial charge is 0.444 e. The van der Waals surface area contributed by atoms with Crippen molar-refractivity contribution in [3.8, 4) is 0 Å². The van der Waals surface area contributed by atoms with Crippen LogP contribution in [-0.2, 0) is 9.53 Å². The number of ketones is 1. The van der Waals surface area contributed by atoms with E-state index in [1.807, 2.05) is 22.6 Å². The Kier molecular flexibility index (Phi) is 5.40. The fraction of sp³-hybridized carbons (Fsp3) is 0.778. The number of nitrogens with one attached hydrogen (secondary N) is 1. The molecule has 0 radical (unpaired) electrons. The first kappa shape index (κ1) is 13.7. The van der Waals surface area contributed by atoms with Gasteiger partial charge in [0.2, 0.25) is 0 Å². The zero-order valence-corrected chi connectivity index (χ0v) is 11.0. The lowest BCUT2D eigenvalue weighted by molar-refractivity contribution is -0.118. The standard InChI is InChI=1S/C9H16INO3/c1-6(12)7(5-10)11-8(13)14-9(2,3)4/h7H,5H2,1-4H3,(H,11,13). The van der Waals surface area contributed by atoms with Crippen LogP contribution in [0, 0.1) is 0 Å². The molecule has 0 aromatic rings. The van der Waals surface area contributed by atoms with Gasteiger partial charge in [0.05, 0.1) is 6.04 Å². The number of halogens is 1. The van der Waals surface area contributed by atoms with E-state index in [1.54, 1.807) is 20.8 Å². The summed E-state index contributed by atoms with van der Waals surface area (Å²) in [4.78, 5) is 22.2. The van der Waals surface area contributed by atoms with Crippen molar-refractivity contribution in [3.05, 3.63) is 0 Å². The molecule has 5 heteroatoms. The summed E-state index contributed by atoms with van der Waals surface area (Å²) in [6.07, 6.45) is -0.547. The molecule has 4 nitrogen and oxygen atoms in total. The summed E-state index contributed by atoms with van der Waals surface area (Å²) < 4.78 is 5.56. The number of rotatable bonds is 3. The van der Waals surface area contributed by atoms with Crippen molar-refractivity contribution < 1.29 is 14.3 Å². The molecule has 0 spiro atoms. The number of Topliss-reactive ketones (excluding diaryl/α,β-unsaturated/α-hetero) is 1. The van der Waals surface area contributed by atoms with Crippen molar-refractivity contribution in [2.24, 2.45) is 0 Å². The molecule has 1 amide bonds. The summed E-state index contributed by atoms with van der Waals surface area (Å²) in [5, 5.41) is 2.50. The van der Waals surface area contributed by atoms with Crippen LogP contribution in [0.1, 0.15) is 27.7 Å². The zero-order valence-electron chi connectivity index (χ0n) is 8.89. The average Bonchev–Trinajstić information content (AvgIpc) is 1.96. The van der Waals surface area contributed by atoms with Crippen LogP contribution in [0.4, 0.5) is 4.79 Å². The maximum Gasteiger partial charge on any atom is 0.408 e. The Balaban J connectivity index is 4.11. The van der Waals surface area contributed by atoms with Gasteiger partial charge in [-0.2, -0.15) is 0 Å². The maximum absolute atomic E-state index is 11.2. The number of alkyl carbamates (subject to hydrolysis) is 1. The Morgan fingerprint density at radius 3 is 2.21 bits per heavy atom. The highest BCUT2D eigenvalue weighted by molar-refractivity contribution is 14.1. The van der Waals surface area contributed by atoms with Gasteiger partial charge in [0.25, 0.3) is 0 Å². The Labute approximate surface area is 97.9 Å². The van der Waals surface area contributed by atoms with E-state index in [2.05, 4.69) is 5.32 Å². The number of carbonyl (C=O) groups is 2. The van der Waals surface area contributed by atoms with E-state index in [1.165, 1.54) is 6.92 Å². The highest BCUT2D eigenvalue weighted by Gasteiger charge is 2.20. The molecule has 82 valence electrons. The molecule has 1 N–H and O–H groups in total. The molecule has 0 bridgehead atoms. The Morgan fingerprint density at radius 2 is 1.93 bits per heavy atom. The number of ether oxygens (including phenoxy) is 1. The molecule has 0 aromatic carbocycles. The van der Waals surface area contributed by atoms with Crippen molar-refractivity contribution in [2.45, 2.75) is 39.3 Å². The van der Waals surface area contributed by atoms with Crippen LogP contribution in [-0.4, -0.2) is 27.9 Å². The second-order valence-corrected chi connectivity index (χ2v) is 4.84. The van der Waals surface area contributed by atoms with E-state index in [9.17, 15) is 9.59 Å².